The quantitative estimate of drug-likeness (QED) is 0.712. The fourth-order valence-electron chi connectivity index (χ4n) is 2.78. The fourth-order valence-corrected chi connectivity index (χ4v) is 2.78. The van der Waals surface area contributed by atoms with Crippen molar-refractivity contribution in [2.24, 2.45) is 0 Å². The van der Waals surface area contributed by atoms with E-state index in [1.807, 2.05) is 63.4 Å². The zero-order valence-electron chi connectivity index (χ0n) is 16.0. The van der Waals surface area contributed by atoms with Crippen LogP contribution in [0.1, 0.15) is 23.6 Å². The summed E-state index contributed by atoms with van der Waals surface area (Å²) in [6, 6.07) is 13.6. The average molecular weight is 354 g/mol. The van der Waals surface area contributed by atoms with Crippen LogP contribution in [-0.2, 0) is 16.0 Å². The number of anilines is 2. The predicted molar refractivity (Wildman–Crippen MR) is 106 cm³/mol. The van der Waals surface area contributed by atoms with E-state index in [2.05, 4.69) is 17.6 Å². The number of carbonyl (C=O) groups excluding carboxylic acids is 2. The highest BCUT2D eigenvalue weighted by Gasteiger charge is 2.15. The topological polar surface area (TPSA) is 62.6 Å². The Morgan fingerprint density at radius 1 is 0.923 bits per heavy atom. The SMILES string of the molecule is CCc1ccccc1NC(=O)C[NH+](C)CC(=O)Nc1ccc(C)c(C)c1. The first-order chi connectivity index (χ1) is 12.4. The molecular formula is C21H28N3O2+. The molecule has 0 spiro atoms. The van der Waals surface area contributed by atoms with Gasteiger partial charge in [-0.1, -0.05) is 31.2 Å². The van der Waals surface area contributed by atoms with E-state index < -0.39 is 0 Å². The molecule has 0 heterocycles. The van der Waals surface area contributed by atoms with Gasteiger partial charge < -0.3 is 15.5 Å². The van der Waals surface area contributed by atoms with Gasteiger partial charge in [0, 0.05) is 11.4 Å². The minimum absolute atomic E-state index is 0.0950. The predicted octanol–water partition coefficient (Wildman–Crippen LogP) is 1.96. The van der Waals surface area contributed by atoms with Gasteiger partial charge in [-0.15, -0.1) is 0 Å². The van der Waals surface area contributed by atoms with Crippen molar-refractivity contribution >= 4 is 23.2 Å². The molecule has 5 nitrogen and oxygen atoms in total. The van der Waals surface area contributed by atoms with Crippen LogP contribution >= 0.6 is 0 Å². The maximum atomic E-state index is 12.2. The van der Waals surface area contributed by atoms with Gasteiger partial charge in [0.15, 0.2) is 13.1 Å². The number of amides is 2. The summed E-state index contributed by atoms with van der Waals surface area (Å²) in [6.45, 7) is 6.57. The molecule has 0 aliphatic rings. The van der Waals surface area contributed by atoms with E-state index in [1.54, 1.807) is 0 Å². The number of hydrogen-bond acceptors (Lipinski definition) is 2. The molecule has 0 saturated heterocycles. The van der Waals surface area contributed by atoms with Crippen LogP contribution in [0.25, 0.3) is 0 Å². The average Bonchev–Trinajstić information content (AvgIpc) is 2.58. The van der Waals surface area contributed by atoms with Crippen LogP contribution in [-0.4, -0.2) is 32.0 Å². The molecule has 1 unspecified atom stereocenters. The Balaban J connectivity index is 1.85. The van der Waals surface area contributed by atoms with Crippen LogP contribution in [0.4, 0.5) is 11.4 Å². The molecule has 0 bridgehead atoms. The van der Waals surface area contributed by atoms with Crippen LogP contribution in [0.2, 0.25) is 0 Å². The second kappa shape index (κ2) is 9.15. The van der Waals surface area contributed by atoms with Crippen molar-refractivity contribution in [3.63, 3.8) is 0 Å². The molecule has 2 amide bonds. The number of likely N-dealkylation sites (N-methyl/N-ethyl adjacent to an activating group) is 1. The van der Waals surface area contributed by atoms with E-state index in [-0.39, 0.29) is 24.9 Å². The van der Waals surface area contributed by atoms with Crippen LogP contribution in [0.15, 0.2) is 42.5 Å². The maximum absolute atomic E-state index is 12.2. The number of carbonyl (C=O) groups is 2. The van der Waals surface area contributed by atoms with E-state index in [0.717, 1.165) is 33.8 Å². The summed E-state index contributed by atoms with van der Waals surface area (Å²) >= 11 is 0. The van der Waals surface area contributed by atoms with Crippen molar-refractivity contribution in [3.05, 3.63) is 59.2 Å². The highest BCUT2D eigenvalue weighted by molar-refractivity contribution is 5.93. The number of para-hydroxylation sites is 1. The first-order valence-electron chi connectivity index (χ1n) is 8.95. The third kappa shape index (κ3) is 5.70. The molecule has 2 aromatic rings. The number of nitrogens with one attached hydrogen (secondary N) is 3. The van der Waals surface area contributed by atoms with Crippen LogP contribution in [0.5, 0.6) is 0 Å². The summed E-state index contributed by atoms with van der Waals surface area (Å²) < 4.78 is 0. The highest BCUT2D eigenvalue weighted by Crippen LogP contribution is 2.15. The minimum atomic E-state index is -0.104. The number of quaternary nitrogens is 1. The molecule has 0 fully saturated rings. The van der Waals surface area contributed by atoms with Gasteiger partial charge in [0.05, 0.1) is 7.05 Å². The summed E-state index contributed by atoms with van der Waals surface area (Å²) in [5.74, 6) is -0.199. The maximum Gasteiger partial charge on any atom is 0.279 e. The molecule has 2 aromatic carbocycles. The van der Waals surface area contributed by atoms with Crippen molar-refractivity contribution in [1.29, 1.82) is 0 Å². The molecule has 0 radical (unpaired) electrons. The van der Waals surface area contributed by atoms with Crippen LogP contribution in [0, 0.1) is 13.8 Å². The molecule has 5 heteroatoms. The Labute approximate surface area is 155 Å². The smallest absolute Gasteiger partial charge is 0.279 e. The normalized spacial score (nSPS) is 11.7. The Kier molecular flexibility index (Phi) is 6.92. The van der Waals surface area contributed by atoms with E-state index in [0.29, 0.717) is 0 Å². The van der Waals surface area contributed by atoms with Gasteiger partial charge in [-0.25, -0.2) is 0 Å². The molecule has 0 saturated carbocycles. The van der Waals surface area contributed by atoms with Gasteiger partial charge in [0.2, 0.25) is 0 Å². The molecule has 2 rings (SSSR count). The van der Waals surface area contributed by atoms with E-state index in [9.17, 15) is 9.59 Å². The lowest BCUT2D eigenvalue weighted by molar-refractivity contribution is -0.862. The summed E-state index contributed by atoms with van der Waals surface area (Å²) in [5.41, 5.74) is 5.05. The van der Waals surface area contributed by atoms with E-state index in [4.69, 9.17) is 0 Å². The van der Waals surface area contributed by atoms with Gasteiger partial charge in [-0.2, -0.15) is 0 Å². The molecule has 0 aromatic heterocycles. The number of benzene rings is 2. The van der Waals surface area contributed by atoms with Crippen LogP contribution in [0.3, 0.4) is 0 Å². The lowest BCUT2D eigenvalue weighted by Crippen LogP contribution is -3.11. The van der Waals surface area contributed by atoms with Crippen molar-refractivity contribution in [3.8, 4) is 0 Å². The summed E-state index contributed by atoms with van der Waals surface area (Å²) in [5, 5.41) is 5.83. The monoisotopic (exact) mass is 354 g/mol. The molecule has 0 aliphatic heterocycles. The summed E-state index contributed by atoms with van der Waals surface area (Å²) in [6.07, 6.45) is 0.859. The van der Waals surface area contributed by atoms with Crippen molar-refractivity contribution in [1.82, 2.24) is 0 Å². The first-order valence-corrected chi connectivity index (χ1v) is 8.95. The van der Waals surface area contributed by atoms with Crippen molar-refractivity contribution in [2.75, 3.05) is 30.8 Å². The summed E-state index contributed by atoms with van der Waals surface area (Å²) in [4.78, 5) is 25.3. The van der Waals surface area contributed by atoms with Crippen LogP contribution < -0.4 is 15.5 Å². The van der Waals surface area contributed by atoms with Crippen molar-refractivity contribution < 1.29 is 14.5 Å². The third-order valence-corrected chi connectivity index (χ3v) is 4.39. The number of rotatable bonds is 7. The highest BCUT2D eigenvalue weighted by atomic mass is 16.2. The molecule has 138 valence electrons. The van der Waals surface area contributed by atoms with Gasteiger partial charge in [0.25, 0.3) is 11.8 Å². The van der Waals surface area contributed by atoms with Gasteiger partial charge in [0.1, 0.15) is 0 Å². The minimum Gasteiger partial charge on any atom is -0.322 e. The zero-order valence-corrected chi connectivity index (χ0v) is 16.0. The van der Waals surface area contributed by atoms with E-state index >= 15 is 0 Å². The first kappa shape index (κ1) is 19.7. The molecule has 26 heavy (non-hydrogen) atoms. The second-order valence-corrected chi connectivity index (χ2v) is 6.72. The molecule has 1 atom stereocenters. The Morgan fingerprint density at radius 3 is 2.23 bits per heavy atom. The standard InChI is InChI=1S/C21H27N3O2/c1-5-17-8-6-7-9-19(17)23-21(26)14-24(4)13-20(25)22-18-11-10-15(2)16(3)12-18/h6-12H,5,13-14H2,1-4H3,(H,22,25)(H,23,26)/p+1. The lowest BCUT2D eigenvalue weighted by Gasteiger charge is -2.15. The summed E-state index contributed by atoms with van der Waals surface area (Å²) in [7, 11) is 1.84. The second-order valence-electron chi connectivity index (χ2n) is 6.72. The molecule has 3 N–H and O–H groups in total. The largest absolute Gasteiger partial charge is 0.322 e. The van der Waals surface area contributed by atoms with Gasteiger partial charge in [-0.3, -0.25) is 9.59 Å². The lowest BCUT2D eigenvalue weighted by atomic mass is 10.1. The molecular weight excluding hydrogens is 326 g/mol. The van der Waals surface area contributed by atoms with Crippen molar-refractivity contribution in [2.45, 2.75) is 27.2 Å². The van der Waals surface area contributed by atoms with Gasteiger partial charge in [-0.05, 0) is 55.2 Å². The van der Waals surface area contributed by atoms with E-state index in [1.165, 1.54) is 5.56 Å². The number of aryl methyl sites for hydroxylation is 3. The Hall–Kier alpha value is -2.66. The number of hydrogen-bond donors (Lipinski definition) is 3. The zero-order chi connectivity index (χ0) is 19.1. The van der Waals surface area contributed by atoms with Gasteiger partial charge >= 0.3 is 0 Å². The molecule has 0 aliphatic carbocycles. The third-order valence-electron chi connectivity index (χ3n) is 4.39. The fraction of sp³-hybridized carbons (Fsp3) is 0.333. The Morgan fingerprint density at radius 2 is 1.58 bits per heavy atom. The Bertz CT molecular complexity index is 787.